The highest BCUT2D eigenvalue weighted by molar-refractivity contribution is 5.94. The number of amides is 1. The zero-order valence-corrected chi connectivity index (χ0v) is 14.4. The van der Waals surface area contributed by atoms with Gasteiger partial charge in [0.1, 0.15) is 12.0 Å². The summed E-state index contributed by atoms with van der Waals surface area (Å²) in [6, 6.07) is 5.51. The molecule has 0 aliphatic carbocycles. The number of pyridine rings is 1. The number of nitrogens with one attached hydrogen (secondary N) is 1. The van der Waals surface area contributed by atoms with E-state index in [0.717, 1.165) is 49.6 Å². The Morgan fingerprint density at radius 2 is 2.08 bits per heavy atom. The van der Waals surface area contributed by atoms with Crippen molar-refractivity contribution < 1.29 is 4.79 Å². The fourth-order valence-corrected chi connectivity index (χ4v) is 3.43. The highest BCUT2D eigenvalue weighted by Crippen LogP contribution is 2.22. The molecule has 3 aromatic rings. The number of carbonyl (C=O) groups excluding carboxylic acids is 1. The number of hydrogen-bond acceptors (Lipinski definition) is 5. The zero-order valence-electron chi connectivity index (χ0n) is 14.4. The molecule has 1 fully saturated rings. The van der Waals surface area contributed by atoms with E-state index in [1.165, 1.54) is 0 Å². The van der Waals surface area contributed by atoms with Crippen LogP contribution >= 0.6 is 0 Å². The second-order valence-electron chi connectivity index (χ2n) is 6.53. The molecule has 1 saturated heterocycles. The molecule has 4 rings (SSSR count). The Hall–Kier alpha value is -3.09. The Balaban J connectivity index is 1.44. The Morgan fingerprint density at radius 1 is 1.19 bits per heavy atom. The maximum absolute atomic E-state index is 12.7. The van der Waals surface area contributed by atoms with Crippen molar-refractivity contribution in [2.24, 2.45) is 5.92 Å². The summed E-state index contributed by atoms with van der Waals surface area (Å²) in [5, 5.41) is 0. The molecule has 0 radical (unpaired) electrons. The summed E-state index contributed by atoms with van der Waals surface area (Å²) < 4.78 is 0. The van der Waals surface area contributed by atoms with Gasteiger partial charge in [-0.25, -0.2) is 15.0 Å². The van der Waals surface area contributed by atoms with Gasteiger partial charge < -0.3 is 9.88 Å². The van der Waals surface area contributed by atoms with Crippen LogP contribution in [0.2, 0.25) is 0 Å². The molecule has 26 heavy (non-hydrogen) atoms. The van der Waals surface area contributed by atoms with Gasteiger partial charge in [0.2, 0.25) is 0 Å². The molecular weight excluding hydrogens is 328 g/mol. The van der Waals surface area contributed by atoms with E-state index >= 15 is 0 Å². The summed E-state index contributed by atoms with van der Waals surface area (Å²) in [7, 11) is 0. The minimum absolute atomic E-state index is 0.0797. The van der Waals surface area contributed by atoms with Gasteiger partial charge in [-0.3, -0.25) is 9.78 Å². The predicted octanol–water partition coefficient (Wildman–Crippen LogP) is 2.36. The molecule has 132 valence electrons. The monoisotopic (exact) mass is 348 g/mol. The number of nitrogens with zero attached hydrogens (tertiary/aromatic N) is 5. The number of hydrogen-bond donors (Lipinski definition) is 1. The van der Waals surface area contributed by atoms with Crippen LogP contribution in [0.25, 0.3) is 11.5 Å². The van der Waals surface area contributed by atoms with Gasteiger partial charge in [-0.15, -0.1) is 0 Å². The summed E-state index contributed by atoms with van der Waals surface area (Å²) in [5.41, 5.74) is 2.47. The normalized spacial score (nSPS) is 17.2. The first-order valence-corrected chi connectivity index (χ1v) is 8.79. The number of rotatable bonds is 4. The molecule has 3 aromatic heterocycles. The molecular formula is C19H20N6O. The SMILES string of the molecule is O=C(c1ccncc1)N1CCC[C@@H](Cc2cc(-c3ncc[nH]3)ncn2)C1. The quantitative estimate of drug-likeness (QED) is 0.782. The molecule has 0 aromatic carbocycles. The summed E-state index contributed by atoms with van der Waals surface area (Å²) >= 11 is 0. The Bertz CT molecular complexity index is 865. The summed E-state index contributed by atoms with van der Waals surface area (Å²) in [6.45, 7) is 1.56. The van der Waals surface area contributed by atoms with Crippen LogP contribution in [0.5, 0.6) is 0 Å². The van der Waals surface area contributed by atoms with Crippen molar-refractivity contribution in [3.05, 3.63) is 60.6 Å². The molecule has 1 aliphatic heterocycles. The van der Waals surface area contributed by atoms with Gasteiger partial charge in [0.15, 0.2) is 5.82 Å². The lowest BCUT2D eigenvalue weighted by molar-refractivity contribution is 0.0672. The topological polar surface area (TPSA) is 87.7 Å². The van der Waals surface area contributed by atoms with E-state index in [1.807, 2.05) is 11.0 Å². The van der Waals surface area contributed by atoms with Crippen molar-refractivity contribution in [2.45, 2.75) is 19.3 Å². The van der Waals surface area contributed by atoms with Crippen molar-refractivity contribution in [1.29, 1.82) is 0 Å². The molecule has 4 heterocycles. The molecule has 0 saturated carbocycles. The minimum atomic E-state index is 0.0797. The number of carbonyl (C=O) groups is 1. The molecule has 1 aliphatic rings. The van der Waals surface area contributed by atoms with Crippen LogP contribution in [-0.4, -0.2) is 48.8 Å². The van der Waals surface area contributed by atoms with Gasteiger partial charge in [-0.2, -0.15) is 0 Å². The van der Waals surface area contributed by atoms with E-state index in [9.17, 15) is 4.79 Å². The highest BCUT2D eigenvalue weighted by atomic mass is 16.2. The number of likely N-dealkylation sites (tertiary alicyclic amines) is 1. The molecule has 7 nitrogen and oxygen atoms in total. The van der Waals surface area contributed by atoms with E-state index in [4.69, 9.17) is 0 Å². The number of H-pyrrole nitrogens is 1. The Morgan fingerprint density at radius 3 is 2.88 bits per heavy atom. The first-order chi connectivity index (χ1) is 12.8. The fourth-order valence-electron chi connectivity index (χ4n) is 3.43. The minimum Gasteiger partial charge on any atom is -0.343 e. The molecule has 1 amide bonds. The molecule has 7 heteroatoms. The van der Waals surface area contributed by atoms with Crippen molar-refractivity contribution in [3.8, 4) is 11.5 Å². The third-order valence-electron chi connectivity index (χ3n) is 4.70. The van der Waals surface area contributed by atoms with Crippen molar-refractivity contribution in [2.75, 3.05) is 13.1 Å². The Labute approximate surface area is 151 Å². The predicted molar refractivity (Wildman–Crippen MR) is 96.2 cm³/mol. The van der Waals surface area contributed by atoms with Gasteiger partial charge in [-0.05, 0) is 43.4 Å². The van der Waals surface area contributed by atoms with Crippen LogP contribution in [-0.2, 0) is 6.42 Å². The number of piperidine rings is 1. The number of aromatic nitrogens is 5. The van der Waals surface area contributed by atoms with Gasteiger partial charge >= 0.3 is 0 Å². The van der Waals surface area contributed by atoms with Gasteiger partial charge in [0, 0.05) is 49.1 Å². The third-order valence-corrected chi connectivity index (χ3v) is 4.70. The van der Waals surface area contributed by atoms with Crippen LogP contribution in [0.1, 0.15) is 28.9 Å². The van der Waals surface area contributed by atoms with Crippen molar-refractivity contribution in [1.82, 2.24) is 29.8 Å². The van der Waals surface area contributed by atoms with Crippen molar-refractivity contribution >= 4 is 5.91 Å². The summed E-state index contributed by atoms with van der Waals surface area (Å²) in [6.07, 6.45) is 11.3. The molecule has 0 spiro atoms. The first kappa shape index (κ1) is 16.4. The maximum Gasteiger partial charge on any atom is 0.253 e. The van der Waals surface area contributed by atoms with E-state index in [-0.39, 0.29) is 5.91 Å². The first-order valence-electron chi connectivity index (χ1n) is 8.79. The van der Waals surface area contributed by atoms with Crippen LogP contribution in [0.4, 0.5) is 0 Å². The van der Waals surface area contributed by atoms with Gasteiger partial charge in [-0.1, -0.05) is 0 Å². The number of imidazole rings is 1. The lowest BCUT2D eigenvalue weighted by Crippen LogP contribution is -2.40. The second kappa shape index (κ2) is 7.43. The fraction of sp³-hybridized carbons (Fsp3) is 0.316. The molecule has 0 bridgehead atoms. The standard InChI is InChI=1S/C19H20N6O/c26-19(15-3-5-20-6-4-15)25-9-1-2-14(12-25)10-16-11-17(24-13-23-16)18-21-7-8-22-18/h3-8,11,13-14H,1-2,9-10,12H2,(H,21,22)/t14-/m0/s1. The van der Waals surface area contributed by atoms with Crippen LogP contribution in [0.3, 0.4) is 0 Å². The van der Waals surface area contributed by atoms with E-state index in [1.54, 1.807) is 43.2 Å². The maximum atomic E-state index is 12.7. The lowest BCUT2D eigenvalue weighted by Gasteiger charge is -2.32. The molecule has 0 unspecified atom stereocenters. The largest absolute Gasteiger partial charge is 0.343 e. The summed E-state index contributed by atoms with van der Waals surface area (Å²) in [4.78, 5) is 34.6. The van der Waals surface area contributed by atoms with Gasteiger partial charge in [0.05, 0.1) is 0 Å². The van der Waals surface area contributed by atoms with Crippen LogP contribution in [0, 0.1) is 5.92 Å². The number of aromatic amines is 1. The summed E-state index contributed by atoms with van der Waals surface area (Å²) in [5.74, 6) is 1.22. The van der Waals surface area contributed by atoms with E-state index in [0.29, 0.717) is 11.5 Å². The highest BCUT2D eigenvalue weighted by Gasteiger charge is 2.25. The zero-order chi connectivity index (χ0) is 17.8. The van der Waals surface area contributed by atoms with Crippen molar-refractivity contribution in [3.63, 3.8) is 0 Å². The van der Waals surface area contributed by atoms with Crippen LogP contribution in [0.15, 0.2) is 49.3 Å². The average molecular weight is 348 g/mol. The smallest absolute Gasteiger partial charge is 0.253 e. The Kier molecular flexibility index (Phi) is 4.68. The lowest BCUT2D eigenvalue weighted by atomic mass is 9.92. The second-order valence-corrected chi connectivity index (χ2v) is 6.53. The van der Waals surface area contributed by atoms with Crippen LogP contribution < -0.4 is 0 Å². The third kappa shape index (κ3) is 3.61. The van der Waals surface area contributed by atoms with E-state index < -0.39 is 0 Å². The molecule has 1 atom stereocenters. The average Bonchev–Trinajstić information content (AvgIpc) is 3.23. The molecule has 1 N–H and O–H groups in total. The van der Waals surface area contributed by atoms with E-state index in [2.05, 4.69) is 24.9 Å². The van der Waals surface area contributed by atoms with Gasteiger partial charge in [0.25, 0.3) is 5.91 Å².